The monoisotopic (exact) mass is 333 g/mol. The summed E-state index contributed by atoms with van der Waals surface area (Å²) in [5.74, 6) is -2.83. The van der Waals surface area contributed by atoms with Crippen molar-refractivity contribution in [1.82, 2.24) is 0 Å². The van der Waals surface area contributed by atoms with E-state index in [1.165, 1.54) is 14.0 Å². The molecule has 7 nitrogen and oxygen atoms in total. The van der Waals surface area contributed by atoms with Crippen molar-refractivity contribution in [3.8, 4) is 0 Å². The number of oxime groups is 1. The molecular formula is C16H31NO6. The molecule has 2 unspecified atom stereocenters. The maximum absolute atomic E-state index is 8.99. The molecule has 0 fully saturated rings. The molecule has 0 aromatic heterocycles. The third kappa shape index (κ3) is 5.67. The van der Waals surface area contributed by atoms with Crippen LogP contribution in [0.5, 0.6) is 0 Å². The molecule has 23 heavy (non-hydrogen) atoms. The number of allylic oxidation sites excluding steroid dienone is 1. The minimum Gasteiger partial charge on any atom is -0.431 e. The Balaban J connectivity index is 5.94. The molecule has 0 saturated carbocycles. The van der Waals surface area contributed by atoms with Crippen LogP contribution >= 0.6 is 0 Å². The van der Waals surface area contributed by atoms with Gasteiger partial charge in [0.2, 0.25) is 5.90 Å². The lowest BCUT2D eigenvalue weighted by Crippen LogP contribution is -2.62. The molecule has 0 aliphatic heterocycles. The normalized spacial score (nSPS) is 17.2. The van der Waals surface area contributed by atoms with Crippen molar-refractivity contribution >= 4 is 5.90 Å². The summed E-state index contributed by atoms with van der Waals surface area (Å²) in [6, 6.07) is 0. The van der Waals surface area contributed by atoms with Gasteiger partial charge in [-0.15, -0.1) is 0 Å². The van der Waals surface area contributed by atoms with Gasteiger partial charge in [0, 0.05) is 27.1 Å². The first-order valence-corrected chi connectivity index (χ1v) is 7.92. The van der Waals surface area contributed by atoms with Crippen LogP contribution in [0.2, 0.25) is 0 Å². The third-order valence-corrected chi connectivity index (χ3v) is 3.16. The Kier molecular flexibility index (Phi) is 9.87. The molecule has 0 heterocycles. The van der Waals surface area contributed by atoms with Gasteiger partial charge >= 0.3 is 5.97 Å². The van der Waals surface area contributed by atoms with Gasteiger partial charge in [-0.1, -0.05) is 32.0 Å². The van der Waals surface area contributed by atoms with Crippen LogP contribution in [0.15, 0.2) is 17.5 Å². The lowest BCUT2D eigenvalue weighted by molar-refractivity contribution is -0.468. The van der Waals surface area contributed by atoms with Crippen molar-refractivity contribution in [3.63, 3.8) is 0 Å². The molecule has 0 aromatic rings. The molecule has 0 saturated heterocycles. The van der Waals surface area contributed by atoms with Crippen molar-refractivity contribution in [2.45, 2.75) is 65.6 Å². The predicted octanol–water partition coefficient (Wildman–Crippen LogP) is 3.62. The van der Waals surface area contributed by atoms with Crippen LogP contribution in [0.25, 0.3) is 0 Å². The first-order chi connectivity index (χ1) is 10.9. The highest BCUT2D eigenvalue weighted by molar-refractivity contribution is 5.72. The topological polar surface area (TPSA) is 78.7 Å². The molecule has 0 aliphatic carbocycles. The average Bonchev–Trinajstić information content (AvgIpc) is 2.51. The second-order valence-corrected chi connectivity index (χ2v) is 5.03. The van der Waals surface area contributed by atoms with Gasteiger partial charge in [-0.25, -0.2) is 0 Å². The molecule has 0 spiro atoms. The molecule has 0 amide bonds. The number of methoxy groups -OCH3 is 1. The van der Waals surface area contributed by atoms with Crippen LogP contribution in [0, 0.1) is 0 Å². The number of rotatable bonds is 12. The second-order valence-electron chi connectivity index (χ2n) is 5.03. The first-order valence-electron chi connectivity index (χ1n) is 7.92. The lowest BCUT2D eigenvalue weighted by atomic mass is 10.1. The largest absolute Gasteiger partial charge is 0.431 e. The van der Waals surface area contributed by atoms with Gasteiger partial charge in [0.05, 0.1) is 12.4 Å². The zero-order valence-corrected chi connectivity index (χ0v) is 15.2. The maximum Gasteiger partial charge on any atom is 0.430 e. The minimum atomic E-state index is -1.77. The van der Waals surface area contributed by atoms with E-state index in [9.17, 15) is 0 Å². The summed E-state index contributed by atoms with van der Waals surface area (Å²) in [5.41, 5.74) is 0. The Morgan fingerprint density at radius 2 is 1.78 bits per heavy atom. The summed E-state index contributed by atoms with van der Waals surface area (Å²) in [4.78, 5) is 0. The van der Waals surface area contributed by atoms with Crippen LogP contribution in [-0.4, -0.2) is 43.2 Å². The van der Waals surface area contributed by atoms with Crippen LogP contribution < -0.4 is 0 Å². The molecular weight excluding hydrogens is 302 g/mol. The van der Waals surface area contributed by atoms with Crippen LogP contribution in [0.4, 0.5) is 0 Å². The standard InChI is InChI=1S/C16H31NO6/c1-8-11-12-21-16(22-13(4)5,23-14(6)17-18)15(9-2,19-7)20-10-3/h18H,4,8-12H2,1-3,5-7H3. The van der Waals surface area contributed by atoms with E-state index in [1.807, 2.05) is 20.8 Å². The summed E-state index contributed by atoms with van der Waals surface area (Å²) < 4.78 is 28.8. The van der Waals surface area contributed by atoms with E-state index in [0.717, 1.165) is 12.8 Å². The van der Waals surface area contributed by atoms with Crippen molar-refractivity contribution in [2.75, 3.05) is 20.3 Å². The zero-order valence-electron chi connectivity index (χ0n) is 15.2. The summed E-state index contributed by atoms with van der Waals surface area (Å²) in [5, 5.41) is 12.0. The number of hydrogen-bond donors (Lipinski definition) is 1. The number of ether oxygens (including phenoxy) is 5. The maximum atomic E-state index is 8.99. The molecule has 7 heteroatoms. The molecule has 0 aromatic carbocycles. The molecule has 0 rings (SSSR count). The third-order valence-electron chi connectivity index (χ3n) is 3.16. The van der Waals surface area contributed by atoms with Gasteiger partial charge in [-0.05, 0) is 20.3 Å². The Labute approximate surface area is 139 Å². The average molecular weight is 333 g/mol. The predicted molar refractivity (Wildman–Crippen MR) is 87.1 cm³/mol. The highest BCUT2D eigenvalue weighted by Crippen LogP contribution is 2.38. The molecule has 136 valence electrons. The van der Waals surface area contributed by atoms with Crippen LogP contribution in [-0.2, 0) is 23.7 Å². The second kappa shape index (κ2) is 10.5. The van der Waals surface area contributed by atoms with Crippen LogP contribution in [0.1, 0.15) is 53.9 Å². The van der Waals surface area contributed by atoms with Crippen molar-refractivity contribution in [2.24, 2.45) is 5.16 Å². The minimum absolute atomic E-state index is 0.0441. The Hall–Kier alpha value is -1.31. The van der Waals surface area contributed by atoms with Crippen molar-refractivity contribution in [1.29, 1.82) is 0 Å². The summed E-state index contributed by atoms with van der Waals surface area (Å²) in [6.45, 7) is 13.3. The Morgan fingerprint density at radius 1 is 1.13 bits per heavy atom. The first kappa shape index (κ1) is 21.7. The van der Waals surface area contributed by atoms with E-state index in [-0.39, 0.29) is 5.90 Å². The van der Waals surface area contributed by atoms with E-state index in [4.69, 9.17) is 28.9 Å². The zero-order chi connectivity index (χ0) is 17.9. The van der Waals surface area contributed by atoms with E-state index in [2.05, 4.69) is 11.7 Å². The number of hydrogen-bond acceptors (Lipinski definition) is 7. The number of nitrogens with zero attached hydrogens (tertiary/aromatic N) is 1. The molecule has 0 radical (unpaired) electrons. The lowest BCUT2D eigenvalue weighted by Gasteiger charge is -2.45. The molecule has 0 bridgehead atoms. The van der Waals surface area contributed by atoms with Gasteiger partial charge in [-0.3, -0.25) is 0 Å². The van der Waals surface area contributed by atoms with Gasteiger partial charge in [0.15, 0.2) is 0 Å². The highest BCUT2D eigenvalue weighted by atomic mass is 16.9. The molecule has 2 atom stereocenters. The highest BCUT2D eigenvalue weighted by Gasteiger charge is 2.60. The fourth-order valence-corrected chi connectivity index (χ4v) is 2.11. The Bertz CT molecular complexity index is 381. The summed E-state index contributed by atoms with van der Waals surface area (Å²) in [7, 11) is 1.48. The Morgan fingerprint density at radius 3 is 2.17 bits per heavy atom. The fourth-order valence-electron chi connectivity index (χ4n) is 2.11. The quantitative estimate of drug-likeness (QED) is 0.112. The van der Waals surface area contributed by atoms with Gasteiger partial charge in [0.25, 0.3) is 5.79 Å². The van der Waals surface area contributed by atoms with Gasteiger partial charge < -0.3 is 28.9 Å². The van der Waals surface area contributed by atoms with Crippen molar-refractivity contribution < 1.29 is 28.9 Å². The number of unbranched alkanes of at least 4 members (excludes halogenated alkanes) is 1. The van der Waals surface area contributed by atoms with Crippen LogP contribution in [0.3, 0.4) is 0 Å². The summed E-state index contributed by atoms with van der Waals surface area (Å²) >= 11 is 0. The van der Waals surface area contributed by atoms with Gasteiger partial charge in [0.1, 0.15) is 0 Å². The van der Waals surface area contributed by atoms with E-state index in [1.54, 1.807) is 6.92 Å². The SMILES string of the molecule is C=C(C)OC(OCCCC)(OC(C)=NO)C(CC)(OC)OCC. The van der Waals surface area contributed by atoms with Gasteiger partial charge in [-0.2, -0.15) is 0 Å². The fraction of sp³-hybridized carbons (Fsp3) is 0.812. The molecule has 0 aliphatic rings. The van der Waals surface area contributed by atoms with E-state index >= 15 is 0 Å². The summed E-state index contributed by atoms with van der Waals surface area (Å²) in [6.07, 6.45) is 2.09. The molecule has 1 N–H and O–H groups in total. The van der Waals surface area contributed by atoms with Crippen molar-refractivity contribution in [3.05, 3.63) is 12.3 Å². The van der Waals surface area contributed by atoms with E-state index in [0.29, 0.717) is 25.4 Å². The smallest absolute Gasteiger partial charge is 0.430 e. The van der Waals surface area contributed by atoms with E-state index < -0.39 is 11.8 Å².